The fourth-order valence-electron chi connectivity index (χ4n) is 3.35. The first-order valence-corrected chi connectivity index (χ1v) is 10.9. The summed E-state index contributed by atoms with van der Waals surface area (Å²) >= 11 is 1.58. The Morgan fingerprint density at radius 3 is 2.48 bits per heavy atom. The Kier molecular flexibility index (Phi) is 6.74. The number of carbonyl (C=O) groups is 4. The molecule has 1 aromatic carbocycles. The Morgan fingerprint density at radius 2 is 1.87 bits per heavy atom. The summed E-state index contributed by atoms with van der Waals surface area (Å²) in [7, 11) is 0. The molecule has 2 heterocycles. The van der Waals surface area contributed by atoms with Crippen LogP contribution in [0.1, 0.15) is 42.7 Å². The predicted molar refractivity (Wildman–Crippen MR) is 118 cm³/mol. The van der Waals surface area contributed by atoms with E-state index in [0.717, 1.165) is 15.3 Å². The number of benzene rings is 1. The summed E-state index contributed by atoms with van der Waals surface area (Å²) in [6, 6.07) is 9.99. The number of hydrogen-bond acceptors (Lipinski definition) is 5. The highest BCUT2D eigenvalue weighted by Gasteiger charge is 2.49. The van der Waals surface area contributed by atoms with Crippen molar-refractivity contribution in [3.05, 3.63) is 57.8 Å². The zero-order valence-electron chi connectivity index (χ0n) is 17.7. The summed E-state index contributed by atoms with van der Waals surface area (Å²) in [5.41, 5.74) is 0.477. The van der Waals surface area contributed by atoms with Crippen LogP contribution in [0.5, 0.6) is 0 Å². The van der Waals surface area contributed by atoms with Crippen molar-refractivity contribution in [2.24, 2.45) is 0 Å². The number of rotatable bonds is 7. The van der Waals surface area contributed by atoms with E-state index in [9.17, 15) is 19.2 Å². The first-order chi connectivity index (χ1) is 14.7. The van der Waals surface area contributed by atoms with E-state index in [4.69, 9.17) is 0 Å². The molecule has 0 radical (unpaired) electrons. The largest absolute Gasteiger partial charge is 0.337 e. The van der Waals surface area contributed by atoms with Crippen molar-refractivity contribution in [1.82, 2.24) is 20.9 Å². The van der Waals surface area contributed by atoms with Crippen LogP contribution in [-0.2, 0) is 21.5 Å². The molecular formula is C22H26N4O4S. The first kappa shape index (κ1) is 22.5. The van der Waals surface area contributed by atoms with Crippen LogP contribution >= 0.6 is 11.3 Å². The van der Waals surface area contributed by atoms with Gasteiger partial charge in [-0.15, -0.1) is 11.3 Å². The van der Waals surface area contributed by atoms with Crippen LogP contribution in [0.15, 0.2) is 41.8 Å². The molecule has 0 bridgehead atoms. The standard InChI is InChI=1S/C22H26N4O4S/c1-14(2)15-6-8-16(9-7-15)22(3)19(28)26(21(30)25-22)13-18(27)24-20(29)23-11-10-17-5-4-12-31-17/h4-9,12,14H,10-11,13H2,1-3H3,(H,25,30)(H2,23,24,27,29). The zero-order valence-corrected chi connectivity index (χ0v) is 18.5. The molecule has 1 aromatic heterocycles. The lowest BCUT2D eigenvalue weighted by molar-refractivity contribution is -0.134. The van der Waals surface area contributed by atoms with Gasteiger partial charge in [-0.05, 0) is 41.8 Å². The Bertz CT molecular complexity index is 972. The maximum atomic E-state index is 12.9. The van der Waals surface area contributed by atoms with Crippen LogP contribution in [0, 0.1) is 0 Å². The van der Waals surface area contributed by atoms with Gasteiger partial charge in [0.25, 0.3) is 5.91 Å². The molecule has 1 aliphatic rings. The topological polar surface area (TPSA) is 108 Å². The minimum Gasteiger partial charge on any atom is -0.337 e. The summed E-state index contributed by atoms with van der Waals surface area (Å²) in [6.07, 6.45) is 0.653. The second-order valence-electron chi connectivity index (χ2n) is 7.86. The van der Waals surface area contributed by atoms with Crippen molar-refractivity contribution in [3.8, 4) is 0 Å². The zero-order chi connectivity index (χ0) is 22.6. The third kappa shape index (κ3) is 5.11. The quantitative estimate of drug-likeness (QED) is 0.573. The molecular weight excluding hydrogens is 416 g/mol. The lowest BCUT2D eigenvalue weighted by Gasteiger charge is -2.22. The van der Waals surface area contributed by atoms with E-state index in [1.165, 1.54) is 0 Å². The van der Waals surface area contributed by atoms with Gasteiger partial charge in [0.05, 0.1) is 0 Å². The molecule has 3 rings (SSSR count). The highest BCUT2D eigenvalue weighted by molar-refractivity contribution is 7.09. The van der Waals surface area contributed by atoms with E-state index in [2.05, 4.69) is 29.8 Å². The number of nitrogens with one attached hydrogen (secondary N) is 3. The number of urea groups is 2. The van der Waals surface area contributed by atoms with Crippen molar-refractivity contribution in [2.45, 2.75) is 38.6 Å². The first-order valence-electron chi connectivity index (χ1n) is 10.1. The Balaban J connectivity index is 1.56. The molecule has 1 fully saturated rings. The molecule has 9 heteroatoms. The molecule has 1 saturated heterocycles. The molecule has 8 nitrogen and oxygen atoms in total. The number of nitrogens with zero attached hydrogens (tertiary/aromatic N) is 1. The number of carbonyl (C=O) groups excluding carboxylic acids is 4. The van der Waals surface area contributed by atoms with Crippen molar-refractivity contribution in [1.29, 1.82) is 0 Å². The van der Waals surface area contributed by atoms with E-state index in [0.29, 0.717) is 24.4 Å². The molecule has 2 aromatic rings. The Hall–Kier alpha value is -3.20. The van der Waals surface area contributed by atoms with Gasteiger partial charge in [-0.25, -0.2) is 9.59 Å². The number of thiophene rings is 1. The normalized spacial score (nSPS) is 18.3. The van der Waals surface area contributed by atoms with E-state index in [-0.39, 0.29) is 0 Å². The van der Waals surface area contributed by atoms with Crippen LogP contribution < -0.4 is 16.0 Å². The average molecular weight is 443 g/mol. The van der Waals surface area contributed by atoms with Crippen molar-refractivity contribution < 1.29 is 19.2 Å². The molecule has 1 atom stereocenters. The SMILES string of the molecule is CC(C)c1ccc(C2(C)NC(=O)N(CC(=O)NC(=O)NCCc3cccs3)C2=O)cc1. The highest BCUT2D eigenvalue weighted by atomic mass is 32.1. The van der Waals surface area contributed by atoms with E-state index < -0.39 is 36.0 Å². The molecule has 31 heavy (non-hydrogen) atoms. The fraction of sp³-hybridized carbons (Fsp3) is 0.364. The van der Waals surface area contributed by atoms with E-state index in [1.807, 2.05) is 29.6 Å². The molecule has 0 saturated carbocycles. The second kappa shape index (κ2) is 9.30. The van der Waals surface area contributed by atoms with Crippen LogP contribution in [0.2, 0.25) is 0 Å². The Morgan fingerprint density at radius 1 is 1.16 bits per heavy atom. The molecule has 1 unspecified atom stereocenters. The summed E-state index contributed by atoms with van der Waals surface area (Å²) in [5, 5.41) is 9.35. The molecule has 0 spiro atoms. The second-order valence-corrected chi connectivity index (χ2v) is 8.89. The van der Waals surface area contributed by atoms with E-state index in [1.54, 1.807) is 30.4 Å². The molecule has 164 valence electrons. The van der Waals surface area contributed by atoms with Gasteiger partial charge in [-0.2, -0.15) is 0 Å². The Labute approximate surface area is 185 Å². The fourth-order valence-corrected chi connectivity index (χ4v) is 4.05. The lowest BCUT2D eigenvalue weighted by atomic mass is 9.90. The van der Waals surface area contributed by atoms with Gasteiger partial charge in [-0.1, -0.05) is 44.2 Å². The number of amides is 6. The van der Waals surface area contributed by atoms with Crippen LogP contribution in [0.4, 0.5) is 9.59 Å². The predicted octanol–water partition coefficient (Wildman–Crippen LogP) is 2.71. The summed E-state index contributed by atoms with van der Waals surface area (Å²) in [4.78, 5) is 51.4. The maximum absolute atomic E-state index is 12.9. The average Bonchev–Trinajstić information content (AvgIpc) is 3.31. The van der Waals surface area contributed by atoms with Gasteiger partial charge in [0.2, 0.25) is 5.91 Å². The smallest absolute Gasteiger partial charge is 0.325 e. The minimum absolute atomic E-state index is 0.340. The third-order valence-corrected chi connectivity index (χ3v) is 6.16. The summed E-state index contributed by atoms with van der Waals surface area (Å²) in [6.45, 7) is 5.57. The van der Waals surface area contributed by atoms with Crippen molar-refractivity contribution >= 4 is 35.2 Å². The minimum atomic E-state index is -1.27. The van der Waals surface area contributed by atoms with E-state index >= 15 is 0 Å². The molecule has 1 aliphatic heterocycles. The number of hydrogen-bond donors (Lipinski definition) is 3. The monoisotopic (exact) mass is 442 g/mol. The van der Waals surface area contributed by atoms with Gasteiger partial charge >= 0.3 is 12.1 Å². The van der Waals surface area contributed by atoms with Crippen LogP contribution in [0.25, 0.3) is 0 Å². The van der Waals surface area contributed by atoms with Crippen LogP contribution in [-0.4, -0.2) is 41.9 Å². The maximum Gasteiger partial charge on any atom is 0.325 e. The van der Waals surface area contributed by atoms with Gasteiger partial charge in [-0.3, -0.25) is 19.8 Å². The third-order valence-electron chi connectivity index (χ3n) is 5.22. The van der Waals surface area contributed by atoms with Crippen LogP contribution in [0.3, 0.4) is 0 Å². The van der Waals surface area contributed by atoms with Gasteiger partial charge in [0.15, 0.2) is 0 Å². The molecule has 3 N–H and O–H groups in total. The summed E-state index contributed by atoms with van der Waals surface area (Å²) < 4.78 is 0. The lowest BCUT2D eigenvalue weighted by Crippen LogP contribution is -2.47. The van der Waals surface area contributed by atoms with Gasteiger partial charge in [0.1, 0.15) is 12.1 Å². The molecule has 0 aliphatic carbocycles. The van der Waals surface area contributed by atoms with Gasteiger partial charge < -0.3 is 10.6 Å². The van der Waals surface area contributed by atoms with Crippen molar-refractivity contribution in [2.75, 3.05) is 13.1 Å². The summed E-state index contributed by atoms with van der Waals surface area (Å²) in [5.74, 6) is -0.938. The molecule has 6 amide bonds. The number of imide groups is 2. The highest BCUT2D eigenvalue weighted by Crippen LogP contribution is 2.29. The van der Waals surface area contributed by atoms with Gasteiger partial charge in [0, 0.05) is 11.4 Å². The van der Waals surface area contributed by atoms with Crippen molar-refractivity contribution in [3.63, 3.8) is 0 Å².